The van der Waals surface area contributed by atoms with E-state index in [9.17, 15) is 0 Å². The van der Waals surface area contributed by atoms with Crippen molar-refractivity contribution in [2.24, 2.45) is 5.92 Å². The molecule has 0 spiro atoms. The van der Waals surface area contributed by atoms with E-state index in [1.165, 1.54) is 11.1 Å². The SMILES string of the molecule is COc1ccc(CNCC[C@@H](c2ccccc2)[C@@H]2CCOC(C)(C)C2)cc1. The number of nitrogens with one attached hydrogen (secondary N) is 1. The highest BCUT2D eigenvalue weighted by molar-refractivity contribution is 5.27. The lowest BCUT2D eigenvalue weighted by atomic mass is 9.75. The number of rotatable bonds is 8. The molecule has 0 unspecified atom stereocenters. The number of ether oxygens (including phenoxy) is 2. The fourth-order valence-corrected chi connectivity index (χ4v) is 4.23. The van der Waals surface area contributed by atoms with Gasteiger partial charge in [-0.15, -0.1) is 0 Å². The van der Waals surface area contributed by atoms with Crippen LogP contribution in [-0.2, 0) is 11.3 Å². The lowest BCUT2D eigenvalue weighted by molar-refractivity contribution is -0.0771. The molecule has 3 nitrogen and oxygen atoms in total. The Morgan fingerprint density at radius 2 is 1.85 bits per heavy atom. The van der Waals surface area contributed by atoms with Gasteiger partial charge in [0.25, 0.3) is 0 Å². The molecule has 3 rings (SSSR count). The van der Waals surface area contributed by atoms with Gasteiger partial charge in [0.1, 0.15) is 5.75 Å². The van der Waals surface area contributed by atoms with Gasteiger partial charge in [-0.3, -0.25) is 0 Å². The molecule has 0 radical (unpaired) electrons. The maximum absolute atomic E-state index is 5.96. The summed E-state index contributed by atoms with van der Waals surface area (Å²) in [4.78, 5) is 0. The van der Waals surface area contributed by atoms with Crippen molar-refractivity contribution in [2.75, 3.05) is 20.3 Å². The second kappa shape index (κ2) is 9.38. The van der Waals surface area contributed by atoms with E-state index in [0.717, 1.165) is 44.7 Å². The summed E-state index contributed by atoms with van der Waals surface area (Å²) in [6.45, 7) is 7.24. The van der Waals surface area contributed by atoms with Crippen molar-refractivity contribution in [2.45, 2.75) is 51.2 Å². The maximum Gasteiger partial charge on any atom is 0.118 e. The van der Waals surface area contributed by atoms with Gasteiger partial charge in [0.05, 0.1) is 12.7 Å². The molecular formula is C24H33NO2. The maximum atomic E-state index is 5.96. The standard InChI is InChI=1S/C24H33NO2/c1-24(2)17-21(14-16-27-24)23(20-7-5-4-6-8-20)13-15-25-18-19-9-11-22(26-3)12-10-19/h4-12,21,23,25H,13-18H2,1-3H3/t21-,23+/m1/s1. The number of hydrogen-bond acceptors (Lipinski definition) is 3. The summed E-state index contributed by atoms with van der Waals surface area (Å²) < 4.78 is 11.2. The minimum atomic E-state index is -0.00747. The molecule has 2 aromatic carbocycles. The van der Waals surface area contributed by atoms with Gasteiger partial charge < -0.3 is 14.8 Å². The van der Waals surface area contributed by atoms with Gasteiger partial charge >= 0.3 is 0 Å². The quantitative estimate of drug-likeness (QED) is 0.654. The van der Waals surface area contributed by atoms with Crippen LogP contribution < -0.4 is 10.1 Å². The van der Waals surface area contributed by atoms with Gasteiger partial charge in [-0.05, 0) is 74.8 Å². The molecule has 1 fully saturated rings. The Balaban J connectivity index is 1.58. The minimum absolute atomic E-state index is 0.00747. The molecule has 0 amide bonds. The molecular weight excluding hydrogens is 334 g/mol. The van der Waals surface area contributed by atoms with Gasteiger partial charge in [-0.2, -0.15) is 0 Å². The predicted molar refractivity (Wildman–Crippen MR) is 111 cm³/mol. The average molecular weight is 368 g/mol. The van der Waals surface area contributed by atoms with Crippen LogP contribution in [0.5, 0.6) is 5.75 Å². The summed E-state index contributed by atoms with van der Waals surface area (Å²) in [6, 6.07) is 19.3. The van der Waals surface area contributed by atoms with Crippen molar-refractivity contribution in [3.05, 3.63) is 65.7 Å². The van der Waals surface area contributed by atoms with Crippen LogP contribution in [0.15, 0.2) is 54.6 Å². The Morgan fingerprint density at radius 1 is 1.11 bits per heavy atom. The molecule has 3 heteroatoms. The lowest BCUT2D eigenvalue weighted by Crippen LogP contribution is -2.36. The summed E-state index contributed by atoms with van der Waals surface area (Å²) in [6.07, 6.45) is 3.44. The van der Waals surface area contributed by atoms with Crippen LogP contribution in [0.3, 0.4) is 0 Å². The lowest BCUT2D eigenvalue weighted by Gasteiger charge is -2.39. The van der Waals surface area contributed by atoms with Crippen LogP contribution in [0.2, 0.25) is 0 Å². The third-order valence-electron chi connectivity index (χ3n) is 5.65. The first-order chi connectivity index (χ1) is 13.1. The second-order valence-electron chi connectivity index (χ2n) is 8.19. The number of benzene rings is 2. The normalized spacial score (nSPS) is 20.2. The molecule has 0 aromatic heterocycles. The molecule has 1 heterocycles. The van der Waals surface area contributed by atoms with E-state index in [1.54, 1.807) is 7.11 Å². The summed E-state index contributed by atoms with van der Waals surface area (Å²) in [5.74, 6) is 2.17. The van der Waals surface area contributed by atoms with Crippen LogP contribution in [0.4, 0.5) is 0 Å². The summed E-state index contributed by atoms with van der Waals surface area (Å²) >= 11 is 0. The Bertz CT molecular complexity index is 681. The second-order valence-corrected chi connectivity index (χ2v) is 8.19. The molecule has 1 aliphatic heterocycles. The van der Waals surface area contributed by atoms with Gasteiger partial charge in [0.2, 0.25) is 0 Å². The molecule has 0 saturated carbocycles. The molecule has 2 aromatic rings. The highest BCUT2D eigenvalue weighted by Crippen LogP contribution is 2.39. The third-order valence-corrected chi connectivity index (χ3v) is 5.65. The molecule has 146 valence electrons. The Kier molecular flexibility index (Phi) is 6.92. The molecule has 1 aliphatic rings. The van der Waals surface area contributed by atoms with Crippen molar-refractivity contribution in [1.29, 1.82) is 0 Å². The van der Waals surface area contributed by atoms with Gasteiger partial charge in [-0.1, -0.05) is 42.5 Å². The first-order valence-corrected chi connectivity index (χ1v) is 10.1. The zero-order valence-corrected chi connectivity index (χ0v) is 16.9. The van der Waals surface area contributed by atoms with Crippen molar-refractivity contribution in [1.82, 2.24) is 5.32 Å². The largest absolute Gasteiger partial charge is 0.497 e. The predicted octanol–water partition coefficient (Wildman–Crippen LogP) is 5.16. The van der Waals surface area contributed by atoms with E-state index < -0.39 is 0 Å². The fourth-order valence-electron chi connectivity index (χ4n) is 4.23. The molecule has 2 atom stereocenters. The Morgan fingerprint density at radius 3 is 2.52 bits per heavy atom. The topological polar surface area (TPSA) is 30.5 Å². The minimum Gasteiger partial charge on any atom is -0.497 e. The van der Waals surface area contributed by atoms with E-state index in [0.29, 0.717) is 11.8 Å². The van der Waals surface area contributed by atoms with Gasteiger partial charge in [-0.25, -0.2) is 0 Å². The van der Waals surface area contributed by atoms with Crippen LogP contribution in [0.25, 0.3) is 0 Å². The number of methoxy groups -OCH3 is 1. The van der Waals surface area contributed by atoms with Crippen LogP contribution in [0, 0.1) is 5.92 Å². The first-order valence-electron chi connectivity index (χ1n) is 10.1. The summed E-state index contributed by atoms with van der Waals surface area (Å²) in [5.41, 5.74) is 2.75. The highest BCUT2D eigenvalue weighted by atomic mass is 16.5. The van der Waals surface area contributed by atoms with Crippen LogP contribution >= 0.6 is 0 Å². The zero-order valence-electron chi connectivity index (χ0n) is 16.9. The monoisotopic (exact) mass is 367 g/mol. The van der Waals surface area contributed by atoms with Gasteiger partial charge in [0.15, 0.2) is 0 Å². The molecule has 1 N–H and O–H groups in total. The van der Waals surface area contributed by atoms with Crippen molar-refractivity contribution < 1.29 is 9.47 Å². The van der Waals surface area contributed by atoms with E-state index in [4.69, 9.17) is 9.47 Å². The van der Waals surface area contributed by atoms with Gasteiger partial charge in [0, 0.05) is 13.2 Å². The van der Waals surface area contributed by atoms with E-state index >= 15 is 0 Å². The Hall–Kier alpha value is -1.84. The van der Waals surface area contributed by atoms with E-state index in [1.807, 2.05) is 12.1 Å². The highest BCUT2D eigenvalue weighted by Gasteiger charge is 2.33. The fraction of sp³-hybridized carbons (Fsp3) is 0.500. The average Bonchev–Trinajstić information content (AvgIpc) is 2.68. The van der Waals surface area contributed by atoms with Crippen molar-refractivity contribution in [3.63, 3.8) is 0 Å². The van der Waals surface area contributed by atoms with Crippen molar-refractivity contribution >= 4 is 0 Å². The molecule has 0 bridgehead atoms. The third kappa shape index (κ3) is 5.82. The van der Waals surface area contributed by atoms with Crippen LogP contribution in [-0.4, -0.2) is 25.9 Å². The summed E-state index contributed by atoms with van der Waals surface area (Å²) in [7, 11) is 1.70. The molecule has 0 aliphatic carbocycles. The summed E-state index contributed by atoms with van der Waals surface area (Å²) in [5, 5.41) is 3.63. The smallest absolute Gasteiger partial charge is 0.118 e. The van der Waals surface area contributed by atoms with Crippen molar-refractivity contribution in [3.8, 4) is 5.75 Å². The van der Waals surface area contributed by atoms with Crippen LogP contribution in [0.1, 0.15) is 50.2 Å². The Labute approximate surface area is 164 Å². The molecule has 27 heavy (non-hydrogen) atoms. The van der Waals surface area contributed by atoms with E-state index in [2.05, 4.69) is 61.6 Å². The first kappa shape index (κ1) is 19.9. The van der Waals surface area contributed by atoms with E-state index in [-0.39, 0.29) is 5.60 Å². The number of hydrogen-bond donors (Lipinski definition) is 1. The zero-order chi connectivity index (χ0) is 19.1. The molecule has 1 saturated heterocycles.